The summed E-state index contributed by atoms with van der Waals surface area (Å²) in [5.74, 6) is 0.825. The van der Waals surface area contributed by atoms with Crippen molar-refractivity contribution in [3.8, 4) is 0 Å². The Morgan fingerprint density at radius 1 is 1.35 bits per heavy atom. The van der Waals surface area contributed by atoms with Gasteiger partial charge in [0.2, 0.25) is 21.8 Å². The maximum absolute atomic E-state index is 12.1. The molecule has 1 heterocycles. The average molecular weight is 404 g/mol. The highest BCUT2D eigenvalue weighted by atomic mass is 35.5. The van der Waals surface area contributed by atoms with Gasteiger partial charge in [0.05, 0.1) is 4.90 Å². The normalized spacial score (nSPS) is 11.0. The lowest BCUT2D eigenvalue weighted by molar-refractivity contribution is -0.116. The third-order valence-corrected chi connectivity index (χ3v) is 4.69. The van der Waals surface area contributed by atoms with Crippen molar-refractivity contribution in [1.82, 2.24) is 14.9 Å². The van der Waals surface area contributed by atoms with Gasteiger partial charge in [-0.15, -0.1) is 12.4 Å². The van der Waals surface area contributed by atoms with Crippen molar-refractivity contribution < 1.29 is 17.7 Å². The van der Waals surface area contributed by atoms with Crippen LogP contribution in [-0.2, 0) is 21.2 Å². The summed E-state index contributed by atoms with van der Waals surface area (Å²) in [6, 6.07) is 6.04. The van der Waals surface area contributed by atoms with Gasteiger partial charge in [0.15, 0.2) is 5.82 Å². The Morgan fingerprint density at radius 3 is 2.77 bits per heavy atom. The second kappa shape index (κ2) is 10.2. The van der Waals surface area contributed by atoms with Crippen molar-refractivity contribution in [2.24, 2.45) is 5.73 Å². The number of carbonyl (C=O) groups is 1. The van der Waals surface area contributed by atoms with Gasteiger partial charge in [0.25, 0.3) is 0 Å². The van der Waals surface area contributed by atoms with Crippen LogP contribution in [0.2, 0.25) is 0 Å². The topological polar surface area (TPSA) is 140 Å². The lowest BCUT2D eigenvalue weighted by atomic mass is 10.2. The van der Waals surface area contributed by atoms with Gasteiger partial charge in [0, 0.05) is 31.6 Å². The number of hydrogen-bond donors (Lipinski definition) is 3. The Balaban J connectivity index is 0.00000338. The Morgan fingerprint density at radius 2 is 2.12 bits per heavy atom. The minimum atomic E-state index is -3.64. The smallest absolute Gasteiger partial charge is 0.240 e. The van der Waals surface area contributed by atoms with Crippen molar-refractivity contribution in [3.63, 3.8) is 0 Å². The first-order chi connectivity index (χ1) is 11.9. The monoisotopic (exact) mass is 403 g/mol. The largest absolute Gasteiger partial charge is 0.339 e. The van der Waals surface area contributed by atoms with Gasteiger partial charge in [-0.3, -0.25) is 4.79 Å². The van der Waals surface area contributed by atoms with Gasteiger partial charge in [-0.05, 0) is 31.5 Å². The fourth-order valence-corrected chi connectivity index (χ4v) is 3.18. The number of anilines is 1. The number of nitrogens with two attached hydrogens (primary N) is 1. The number of halogens is 1. The van der Waals surface area contributed by atoms with Gasteiger partial charge in [-0.2, -0.15) is 4.98 Å². The third-order valence-electron chi connectivity index (χ3n) is 3.23. The second-order valence-electron chi connectivity index (χ2n) is 5.35. The Bertz CT molecular complexity index is 825. The first-order valence-corrected chi connectivity index (χ1v) is 9.28. The number of rotatable bonds is 9. The number of nitrogens with one attached hydrogen (secondary N) is 2. The van der Waals surface area contributed by atoms with Crippen LogP contribution >= 0.6 is 12.4 Å². The highest BCUT2D eigenvalue weighted by molar-refractivity contribution is 7.89. The van der Waals surface area contributed by atoms with Crippen LogP contribution in [0.4, 0.5) is 5.69 Å². The molecule has 0 unspecified atom stereocenters. The standard InChI is InChI=1S/C15H21N5O4S.ClH/c1-11-18-15(24-20-11)7-3-6-14(21)19-12-4-2-5-13(10-12)25(22,23)17-9-8-16;/h2,4-5,10,17H,3,6-9,16H2,1H3,(H,19,21);1H. The van der Waals surface area contributed by atoms with Gasteiger partial charge in [-0.25, -0.2) is 13.1 Å². The fourth-order valence-electron chi connectivity index (χ4n) is 2.08. The third kappa shape index (κ3) is 6.71. The first-order valence-electron chi connectivity index (χ1n) is 7.79. The lowest BCUT2D eigenvalue weighted by Crippen LogP contribution is -2.29. The molecule has 144 valence electrons. The number of aryl methyl sites for hydroxylation is 2. The molecule has 0 saturated heterocycles. The molecule has 0 aliphatic carbocycles. The molecule has 4 N–H and O–H groups in total. The summed E-state index contributed by atoms with van der Waals surface area (Å²) < 4.78 is 31.5. The molecule has 0 aliphatic rings. The summed E-state index contributed by atoms with van der Waals surface area (Å²) >= 11 is 0. The maximum Gasteiger partial charge on any atom is 0.240 e. The molecular weight excluding hydrogens is 382 g/mol. The van der Waals surface area contributed by atoms with Crippen molar-refractivity contribution >= 4 is 34.0 Å². The summed E-state index contributed by atoms with van der Waals surface area (Å²) in [6.07, 6.45) is 1.30. The molecule has 2 rings (SSSR count). The molecular formula is C15H22ClN5O4S. The molecule has 9 nitrogen and oxygen atoms in total. The zero-order valence-electron chi connectivity index (χ0n) is 14.3. The zero-order chi connectivity index (χ0) is 18.3. The van der Waals surface area contributed by atoms with Crippen LogP contribution in [0, 0.1) is 6.92 Å². The minimum absolute atomic E-state index is 0. The van der Waals surface area contributed by atoms with Crippen LogP contribution < -0.4 is 15.8 Å². The predicted molar refractivity (Wildman–Crippen MR) is 98.5 cm³/mol. The van der Waals surface area contributed by atoms with E-state index in [4.69, 9.17) is 10.3 Å². The number of sulfonamides is 1. The minimum Gasteiger partial charge on any atom is -0.339 e. The van der Waals surface area contributed by atoms with E-state index in [9.17, 15) is 13.2 Å². The molecule has 0 bridgehead atoms. The van der Waals surface area contributed by atoms with Crippen LogP contribution in [0.3, 0.4) is 0 Å². The van der Waals surface area contributed by atoms with Gasteiger partial charge in [0.1, 0.15) is 0 Å². The number of nitrogens with zero attached hydrogens (tertiary/aromatic N) is 2. The Labute approximate surface area is 158 Å². The molecule has 1 aromatic carbocycles. The summed E-state index contributed by atoms with van der Waals surface area (Å²) in [5, 5.41) is 6.36. The summed E-state index contributed by atoms with van der Waals surface area (Å²) in [5.41, 5.74) is 5.71. The molecule has 1 aromatic heterocycles. The van der Waals surface area contributed by atoms with E-state index < -0.39 is 10.0 Å². The summed E-state index contributed by atoms with van der Waals surface area (Å²) in [4.78, 5) is 16.1. The molecule has 0 radical (unpaired) electrons. The van der Waals surface area contributed by atoms with E-state index in [0.717, 1.165) is 0 Å². The van der Waals surface area contributed by atoms with Crippen LogP contribution in [0.25, 0.3) is 0 Å². The molecule has 0 saturated carbocycles. The van der Waals surface area contributed by atoms with Crippen molar-refractivity contribution in [2.45, 2.75) is 31.1 Å². The summed E-state index contributed by atoms with van der Waals surface area (Å²) in [6.45, 7) is 2.08. The fraction of sp³-hybridized carbons (Fsp3) is 0.400. The molecule has 26 heavy (non-hydrogen) atoms. The zero-order valence-corrected chi connectivity index (χ0v) is 15.9. The molecule has 0 fully saturated rings. The SMILES string of the molecule is Cc1noc(CCCC(=O)Nc2cccc(S(=O)(=O)NCCN)c2)n1.Cl. The van der Waals surface area contributed by atoms with Gasteiger partial charge in [-0.1, -0.05) is 11.2 Å². The number of hydrogen-bond acceptors (Lipinski definition) is 7. The molecule has 11 heteroatoms. The van der Waals surface area contributed by atoms with Crippen molar-refractivity contribution in [2.75, 3.05) is 18.4 Å². The predicted octanol–water partition coefficient (Wildman–Crippen LogP) is 0.998. The molecule has 0 aliphatic heterocycles. The van der Waals surface area contributed by atoms with Crippen molar-refractivity contribution in [3.05, 3.63) is 36.0 Å². The first kappa shape index (κ1) is 22.0. The Kier molecular flexibility index (Phi) is 8.66. The van der Waals surface area contributed by atoms with E-state index in [1.807, 2.05) is 0 Å². The van der Waals surface area contributed by atoms with Crippen LogP contribution in [0.5, 0.6) is 0 Å². The van der Waals surface area contributed by atoms with Crippen LogP contribution in [0.15, 0.2) is 33.7 Å². The number of carbonyl (C=O) groups excluding carboxylic acids is 1. The number of aromatic nitrogens is 2. The Hall–Kier alpha value is -2.01. The van der Waals surface area contributed by atoms with Gasteiger partial charge < -0.3 is 15.6 Å². The number of benzene rings is 1. The molecule has 0 atom stereocenters. The number of amides is 1. The van der Waals surface area contributed by atoms with E-state index in [1.54, 1.807) is 19.1 Å². The van der Waals surface area contributed by atoms with Crippen LogP contribution in [-0.4, -0.2) is 37.6 Å². The highest BCUT2D eigenvalue weighted by Gasteiger charge is 2.14. The van der Waals surface area contributed by atoms with Crippen LogP contribution in [0.1, 0.15) is 24.6 Å². The van der Waals surface area contributed by atoms with E-state index in [2.05, 4.69) is 20.2 Å². The van der Waals surface area contributed by atoms with E-state index in [0.29, 0.717) is 30.2 Å². The van der Waals surface area contributed by atoms with Crippen molar-refractivity contribution in [1.29, 1.82) is 0 Å². The quantitative estimate of drug-likeness (QED) is 0.567. The highest BCUT2D eigenvalue weighted by Crippen LogP contribution is 2.16. The van der Waals surface area contributed by atoms with E-state index >= 15 is 0 Å². The average Bonchev–Trinajstić information content (AvgIpc) is 2.98. The molecule has 1 amide bonds. The molecule has 0 spiro atoms. The molecule has 2 aromatic rings. The lowest BCUT2D eigenvalue weighted by Gasteiger charge is -2.09. The van der Waals surface area contributed by atoms with E-state index in [-0.39, 0.29) is 42.7 Å². The van der Waals surface area contributed by atoms with Gasteiger partial charge >= 0.3 is 0 Å². The summed E-state index contributed by atoms with van der Waals surface area (Å²) in [7, 11) is -3.64. The second-order valence-corrected chi connectivity index (χ2v) is 7.12. The maximum atomic E-state index is 12.1. The van der Waals surface area contributed by atoms with E-state index in [1.165, 1.54) is 12.1 Å².